The van der Waals surface area contributed by atoms with Gasteiger partial charge >= 0.3 is 7.05 Å². The van der Waals surface area contributed by atoms with Gasteiger partial charge in [0.2, 0.25) is 0 Å². The fraction of sp³-hybridized carbons (Fsp3) is 0.300. The number of hydrogen-bond acceptors (Lipinski definition) is 4. The molecule has 0 saturated carbocycles. The molecule has 1 unspecified atom stereocenters. The molecule has 4 rings (SSSR count). The minimum Gasteiger partial charge on any atom is -0.428 e. The maximum absolute atomic E-state index is 13.8. The Kier molecular flexibility index (Phi) is 8.13. The van der Waals surface area contributed by atoms with E-state index in [1.54, 1.807) is 23.0 Å². The first-order chi connectivity index (χ1) is 18.4. The fourth-order valence-electron chi connectivity index (χ4n) is 5.17. The van der Waals surface area contributed by atoms with Crippen molar-refractivity contribution in [1.29, 1.82) is 0 Å². The Morgan fingerprint density at radius 2 is 1.67 bits per heavy atom. The molecule has 0 bridgehead atoms. The molecule has 0 aromatic heterocycles. The first-order valence-corrected chi connectivity index (χ1v) is 13.5. The van der Waals surface area contributed by atoms with Gasteiger partial charge in [-0.1, -0.05) is 69.2 Å². The fourth-order valence-corrected chi connectivity index (χ4v) is 5.48. The van der Waals surface area contributed by atoms with Crippen molar-refractivity contribution < 1.29 is 14.6 Å². The van der Waals surface area contributed by atoms with Gasteiger partial charge in [0.1, 0.15) is 0 Å². The van der Waals surface area contributed by atoms with Gasteiger partial charge in [-0.3, -0.25) is 15.0 Å². The monoisotopic (exact) mass is 542 g/mol. The third kappa shape index (κ3) is 5.99. The Morgan fingerprint density at radius 1 is 1.03 bits per heavy atom. The zero-order chi connectivity index (χ0) is 28.5. The van der Waals surface area contributed by atoms with E-state index >= 15 is 0 Å². The van der Waals surface area contributed by atoms with Crippen molar-refractivity contribution in [3.8, 4) is 0 Å². The summed E-state index contributed by atoms with van der Waals surface area (Å²) in [6.07, 6.45) is 0.655. The molecule has 3 aromatic rings. The molecule has 3 aromatic carbocycles. The number of carbonyl (C=O) groups excluding carboxylic acids is 2. The molecular formula is C30H35BN4O3S. The number of benzene rings is 3. The second-order valence-electron chi connectivity index (χ2n) is 11.1. The highest BCUT2D eigenvalue weighted by Crippen LogP contribution is 2.28. The van der Waals surface area contributed by atoms with E-state index < -0.39 is 13.0 Å². The molecular weight excluding hydrogens is 507 g/mol. The van der Waals surface area contributed by atoms with Crippen LogP contribution in [0, 0.1) is 19.3 Å². The minimum absolute atomic E-state index is 0.251. The lowest BCUT2D eigenvalue weighted by molar-refractivity contribution is 0.0285. The highest BCUT2D eigenvalue weighted by Gasteiger charge is 2.37. The van der Waals surface area contributed by atoms with E-state index in [4.69, 9.17) is 12.2 Å². The van der Waals surface area contributed by atoms with Crippen LogP contribution in [0.3, 0.4) is 0 Å². The van der Waals surface area contributed by atoms with E-state index in [1.807, 2.05) is 69.3 Å². The molecule has 0 saturated heterocycles. The molecule has 1 aliphatic rings. The third-order valence-electron chi connectivity index (χ3n) is 6.94. The van der Waals surface area contributed by atoms with Gasteiger partial charge in [-0.25, -0.2) is 5.01 Å². The summed E-state index contributed by atoms with van der Waals surface area (Å²) in [5, 5.41) is 16.0. The summed E-state index contributed by atoms with van der Waals surface area (Å²) in [6.45, 7) is 12.1. The van der Waals surface area contributed by atoms with E-state index in [1.165, 1.54) is 5.01 Å². The molecule has 0 radical (unpaired) electrons. The van der Waals surface area contributed by atoms with Crippen LogP contribution < -0.4 is 21.0 Å². The topological polar surface area (TPSA) is 84.9 Å². The number of hydrazine groups is 1. The summed E-state index contributed by atoms with van der Waals surface area (Å²) >= 11 is 5.54. The van der Waals surface area contributed by atoms with Crippen molar-refractivity contribution in [2.24, 2.45) is 5.41 Å². The summed E-state index contributed by atoms with van der Waals surface area (Å²) in [5.41, 5.74) is 7.33. The van der Waals surface area contributed by atoms with Crippen LogP contribution in [-0.2, 0) is 0 Å². The third-order valence-corrected chi connectivity index (χ3v) is 7.24. The number of nitrogens with one attached hydrogen (secondary N) is 2. The van der Waals surface area contributed by atoms with Gasteiger partial charge in [0.25, 0.3) is 11.8 Å². The van der Waals surface area contributed by atoms with E-state index in [0.29, 0.717) is 33.8 Å². The van der Waals surface area contributed by atoms with Crippen LogP contribution in [0.1, 0.15) is 66.0 Å². The molecule has 0 fully saturated rings. The summed E-state index contributed by atoms with van der Waals surface area (Å²) in [7, 11) is -1.01. The molecule has 39 heavy (non-hydrogen) atoms. The summed E-state index contributed by atoms with van der Waals surface area (Å²) < 4.78 is 0. The second-order valence-corrected chi connectivity index (χ2v) is 11.5. The maximum atomic E-state index is 13.8. The van der Waals surface area contributed by atoms with Crippen LogP contribution in [0.4, 0.5) is 11.4 Å². The van der Waals surface area contributed by atoms with Crippen molar-refractivity contribution in [3.05, 3.63) is 89.0 Å². The number of carbonyl (C=O) groups is 2. The smallest absolute Gasteiger partial charge is 0.428 e. The van der Waals surface area contributed by atoms with E-state index in [-0.39, 0.29) is 17.4 Å². The van der Waals surface area contributed by atoms with Crippen LogP contribution >= 0.6 is 12.2 Å². The Hall–Kier alpha value is -3.69. The highest BCUT2D eigenvalue weighted by atomic mass is 32.1. The lowest BCUT2D eigenvalue weighted by atomic mass is 9.69. The predicted molar refractivity (Wildman–Crippen MR) is 162 cm³/mol. The standard InChI is InChI=1S/C30H35BN4O3S/c1-7-26(30(4,5)6)35(28(37)22-16-19(2)15-20(3)17-22)33-27(36)21-13-14-24-25(18-21)32-29(39)34(31(24)38)23-11-9-8-10-12-23/h8-18,26,38H,7H2,1-6H3,(H,32,39)(H,33,36). The lowest BCUT2D eigenvalue weighted by Gasteiger charge is -2.39. The van der Waals surface area contributed by atoms with Crippen LogP contribution in [0.2, 0.25) is 0 Å². The quantitative estimate of drug-likeness (QED) is 0.244. The second kappa shape index (κ2) is 11.2. The Labute approximate surface area is 236 Å². The number of hydrogen-bond donors (Lipinski definition) is 3. The zero-order valence-electron chi connectivity index (χ0n) is 23.3. The van der Waals surface area contributed by atoms with Crippen LogP contribution in [0.15, 0.2) is 66.7 Å². The van der Waals surface area contributed by atoms with Gasteiger partial charge in [-0.15, -0.1) is 0 Å². The van der Waals surface area contributed by atoms with E-state index in [9.17, 15) is 14.6 Å². The van der Waals surface area contributed by atoms with E-state index in [2.05, 4.69) is 31.5 Å². The average molecular weight is 543 g/mol. The first-order valence-electron chi connectivity index (χ1n) is 13.1. The normalized spacial score (nSPS) is 13.9. The van der Waals surface area contributed by atoms with Gasteiger partial charge in [0.05, 0.1) is 6.04 Å². The van der Waals surface area contributed by atoms with Crippen molar-refractivity contribution in [2.45, 2.75) is 54.0 Å². The number of amides is 2. The Bertz CT molecular complexity index is 1390. The molecule has 0 aliphatic carbocycles. The van der Waals surface area contributed by atoms with Crippen molar-refractivity contribution in [2.75, 3.05) is 10.1 Å². The molecule has 3 N–H and O–H groups in total. The van der Waals surface area contributed by atoms with Gasteiger partial charge in [0, 0.05) is 22.5 Å². The first kappa shape index (κ1) is 28.3. The Morgan fingerprint density at radius 3 is 2.26 bits per heavy atom. The van der Waals surface area contributed by atoms with Crippen LogP contribution in [0.25, 0.3) is 0 Å². The molecule has 1 heterocycles. The molecule has 1 atom stereocenters. The highest BCUT2D eigenvalue weighted by molar-refractivity contribution is 7.81. The lowest BCUT2D eigenvalue weighted by Crippen LogP contribution is -2.58. The molecule has 1 aliphatic heterocycles. The molecule has 2 amide bonds. The zero-order valence-corrected chi connectivity index (χ0v) is 24.1. The number of rotatable bonds is 5. The van der Waals surface area contributed by atoms with Crippen molar-refractivity contribution in [3.63, 3.8) is 0 Å². The largest absolute Gasteiger partial charge is 0.457 e. The van der Waals surface area contributed by atoms with Gasteiger partial charge < -0.3 is 15.2 Å². The number of para-hydroxylation sites is 1. The minimum atomic E-state index is -1.01. The number of fused-ring (bicyclic) bond motifs is 1. The van der Waals surface area contributed by atoms with Crippen molar-refractivity contribution in [1.82, 2.24) is 10.4 Å². The Balaban J connectivity index is 1.65. The van der Waals surface area contributed by atoms with E-state index in [0.717, 1.165) is 16.8 Å². The summed E-state index contributed by atoms with van der Waals surface area (Å²) in [5.74, 6) is -0.686. The molecule has 7 nitrogen and oxygen atoms in total. The van der Waals surface area contributed by atoms with Crippen molar-refractivity contribution >= 4 is 53.0 Å². The van der Waals surface area contributed by atoms with Crippen LogP contribution in [0.5, 0.6) is 0 Å². The van der Waals surface area contributed by atoms with Gasteiger partial charge in [-0.05, 0) is 79.8 Å². The van der Waals surface area contributed by atoms with Crippen LogP contribution in [-0.4, -0.2) is 40.1 Å². The van der Waals surface area contributed by atoms with Gasteiger partial charge in [0.15, 0.2) is 5.11 Å². The SMILES string of the molecule is CCC(N(NC(=O)c1ccc2c(c1)NC(=S)N(c1ccccc1)B2O)C(=O)c1cc(C)cc(C)c1)C(C)(C)C. The molecule has 202 valence electrons. The van der Waals surface area contributed by atoms with Gasteiger partial charge in [-0.2, -0.15) is 0 Å². The number of aryl methyl sites for hydroxylation is 2. The average Bonchev–Trinajstić information content (AvgIpc) is 2.87. The maximum Gasteiger partial charge on any atom is 0.457 e. The number of thiocarbonyl (C=S) groups is 1. The molecule has 0 spiro atoms. The summed E-state index contributed by atoms with van der Waals surface area (Å²) in [6, 6.07) is 19.8. The number of anilines is 2. The predicted octanol–water partition coefficient (Wildman–Crippen LogP) is 4.82. The summed E-state index contributed by atoms with van der Waals surface area (Å²) in [4.78, 5) is 29.0. The molecule has 9 heteroatoms. The number of nitrogens with zero attached hydrogens (tertiary/aromatic N) is 2.